The van der Waals surface area contributed by atoms with Crippen molar-refractivity contribution in [1.82, 2.24) is 9.99 Å². The zero-order valence-corrected chi connectivity index (χ0v) is 18.0. The van der Waals surface area contributed by atoms with Crippen LogP contribution in [0, 0.1) is 22.6 Å². The molecule has 31 heavy (non-hydrogen) atoms. The summed E-state index contributed by atoms with van der Waals surface area (Å²) in [5.74, 6) is -0.411. The number of hydrogen-bond donors (Lipinski definition) is 2. The fourth-order valence-corrected chi connectivity index (χ4v) is 4.70. The van der Waals surface area contributed by atoms with E-state index in [9.17, 15) is 14.4 Å². The molecule has 1 atom stereocenters. The van der Waals surface area contributed by atoms with Crippen molar-refractivity contribution >= 4 is 23.1 Å². The Morgan fingerprint density at radius 1 is 1.23 bits per heavy atom. The molecule has 1 aliphatic heterocycles. The maximum atomic E-state index is 13.7. The van der Waals surface area contributed by atoms with Crippen molar-refractivity contribution in [3.63, 3.8) is 0 Å². The van der Waals surface area contributed by atoms with E-state index in [0.29, 0.717) is 35.4 Å². The van der Waals surface area contributed by atoms with Gasteiger partial charge in [0.1, 0.15) is 23.3 Å². The smallest absolute Gasteiger partial charge is 0.162 e. The average Bonchev–Trinajstić information content (AvgIpc) is 2.66. The number of Topliss-reactive ketones (excluding diaryl/α,β-unsaturated/α-hetero) is 1. The van der Waals surface area contributed by atoms with E-state index in [-0.39, 0.29) is 34.1 Å². The van der Waals surface area contributed by atoms with Gasteiger partial charge < -0.3 is 11.5 Å². The number of carbonyl (C=O) groups excluding carboxylic acids is 1. The van der Waals surface area contributed by atoms with Crippen LogP contribution in [0.15, 0.2) is 35.5 Å². The molecule has 8 heteroatoms. The Kier molecular flexibility index (Phi) is 4.74. The molecule has 0 saturated heterocycles. The summed E-state index contributed by atoms with van der Waals surface area (Å²) < 4.78 is 13.7. The Bertz CT molecular complexity index is 1160. The van der Waals surface area contributed by atoms with E-state index in [1.807, 2.05) is 30.2 Å². The summed E-state index contributed by atoms with van der Waals surface area (Å²) in [6.45, 7) is 4.11. The van der Waals surface area contributed by atoms with Crippen LogP contribution in [-0.2, 0) is 4.79 Å². The zero-order chi connectivity index (χ0) is 22.7. The quantitative estimate of drug-likeness (QED) is 0.766. The average molecular weight is 420 g/mol. The first kappa shape index (κ1) is 20.8. The molecule has 0 saturated carbocycles. The predicted molar refractivity (Wildman–Crippen MR) is 117 cm³/mol. The Labute approximate surface area is 180 Å². The summed E-state index contributed by atoms with van der Waals surface area (Å²) in [5, 5.41) is 13.3. The number of ketones is 1. The van der Waals surface area contributed by atoms with Crippen molar-refractivity contribution in [3.8, 4) is 6.07 Å². The van der Waals surface area contributed by atoms with Gasteiger partial charge in [0, 0.05) is 43.3 Å². The summed E-state index contributed by atoms with van der Waals surface area (Å²) >= 11 is 0. The Morgan fingerprint density at radius 3 is 2.45 bits per heavy atom. The predicted octanol–water partition coefficient (Wildman–Crippen LogP) is 3.33. The van der Waals surface area contributed by atoms with Crippen LogP contribution in [0.1, 0.15) is 49.3 Å². The normalized spacial score (nSPS) is 19.8. The second-order valence-corrected chi connectivity index (χ2v) is 9.08. The summed E-state index contributed by atoms with van der Waals surface area (Å²) in [5.41, 5.74) is 15.3. The van der Waals surface area contributed by atoms with Crippen molar-refractivity contribution in [2.45, 2.75) is 32.6 Å². The van der Waals surface area contributed by atoms with Gasteiger partial charge in [-0.3, -0.25) is 9.80 Å². The molecule has 0 amide bonds. The third kappa shape index (κ3) is 3.22. The van der Waals surface area contributed by atoms with Gasteiger partial charge in [-0.15, -0.1) is 0 Å². The zero-order valence-electron chi connectivity index (χ0n) is 18.0. The van der Waals surface area contributed by atoms with E-state index in [0.717, 1.165) is 5.70 Å². The number of hydrazine groups is 1. The highest BCUT2D eigenvalue weighted by molar-refractivity contribution is 6.02. The maximum absolute atomic E-state index is 13.7. The SMILES string of the molecule is CN(C)N1C2=C(C(=O)CC(C)(C)C2)[C@H](c2ccc(F)cc2)c2c1nc(N)c(C#N)c2N. The second kappa shape index (κ2) is 7.06. The lowest BCUT2D eigenvalue weighted by atomic mass is 9.68. The molecule has 0 bridgehead atoms. The number of rotatable bonds is 2. The van der Waals surface area contributed by atoms with Gasteiger partial charge in [0.05, 0.1) is 5.69 Å². The number of nitrogens with zero attached hydrogens (tertiary/aromatic N) is 4. The molecule has 1 aliphatic carbocycles. The van der Waals surface area contributed by atoms with Crippen LogP contribution in [0.2, 0.25) is 0 Å². The van der Waals surface area contributed by atoms with Gasteiger partial charge in [-0.05, 0) is 29.5 Å². The van der Waals surface area contributed by atoms with Crippen molar-refractivity contribution in [1.29, 1.82) is 5.26 Å². The number of nitriles is 1. The number of anilines is 3. The molecule has 2 aliphatic rings. The molecule has 0 unspecified atom stereocenters. The van der Waals surface area contributed by atoms with E-state index >= 15 is 0 Å². The fourth-order valence-electron chi connectivity index (χ4n) is 4.70. The largest absolute Gasteiger partial charge is 0.397 e. The third-order valence-corrected chi connectivity index (χ3v) is 5.93. The number of carbonyl (C=O) groups is 1. The lowest BCUT2D eigenvalue weighted by Crippen LogP contribution is -2.46. The number of benzene rings is 1. The van der Waals surface area contributed by atoms with Gasteiger partial charge in [0.15, 0.2) is 11.6 Å². The van der Waals surface area contributed by atoms with Crippen LogP contribution >= 0.6 is 0 Å². The number of halogens is 1. The lowest BCUT2D eigenvalue weighted by Gasteiger charge is -2.46. The molecule has 4 N–H and O–H groups in total. The van der Waals surface area contributed by atoms with Gasteiger partial charge in [-0.25, -0.2) is 14.4 Å². The first-order valence-electron chi connectivity index (χ1n) is 10.0. The second-order valence-electron chi connectivity index (χ2n) is 9.08. The number of nitrogens with two attached hydrogens (primary N) is 2. The summed E-state index contributed by atoms with van der Waals surface area (Å²) in [4.78, 5) is 18.0. The molecular formula is C23H25FN6O. The molecule has 2 heterocycles. The molecule has 0 spiro atoms. The summed E-state index contributed by atoms with van der Waals surface area (Å²) in [7, 11) is 3.70. The molecule has 7 nitrogen and oxygen atoms in total. The van der Waals surface area contributed by atoms with Crippen LogP contribution in [0.25, 0.3) is 0 Å². The van der Waals surface area contributed by atoms with Crippen LogP contribution in [0.5, 0.6) is 0 Å². The molecule has 1 aromatic heterocycles. The standard InChI is InChI=1S/C23H25FN6O/c1-23(2)9-15-18(16(31)10-23)17(12-5-7-13(24)8-6-12)19-20(26)14(11-25)21(27)28-22(19)30(15)29(3)4/h5-8,17H,9-10H2,1-4H3,(H4,26,27,28)/t17-/m0/s1. The van der Waals surface area contributed by atoms with E-state index in [4.69, 9.17) is 11.5 Å². The Hall–Kier alpha value is -3.44. The number of pyridine rings is 1. The number of hydrogen-bond acceptors (Lipinski definition) is 7. The van der Waals surface area contributed by atoms with Gasteiger partial charge in [-0.1, -0.05) is 26.0 Å². The van der Waals surface area contributed by atoms with Crippen LogP contribution in [0.3, 0.4) is 0 Å². The number of fused-ring (bicyclic) bond motifs is 1. The highest BCUT2D eigenvalue weighted by Gasteiger charge is 2.46. The minimum Gasteiger partial charge on any atom is -0.397 e. The van der Waals surface area contributed by atoms with Crippen molar-refractivity contribution < 1.29 is 9.18 Å². The van der Waals surface area contributed by atoms with Crippen LogP contribution < -0.4 is 16.5 Å². The van der Waals surface area contributed by atoms with Gasteiger partial charge in [0.2, 0.25) is 0 Å². The Balaban J connectivity index is 2.12. The molecule has 2 aromatic rings. The minimum atomic E-state index is -0.564. The molecule has 0 fully saturated rings. The monoisotopic (exact) mass is 420 g/mol. The maximum Gasteiger partial charge on any atom is 0.162 e. The highest BCUT2D eigenvalue weighted by atomic mass is 19.1. The van der Waals surface area contributed by atoms with E-state index < -0.39 is 5.92 Å². The molecule has 0 radical (unpaired) electrons. The fraction of sp³-hybridized carbons (Fsp3) is 0.348. The van der Waals surface area contributed by atoms with Gasteiger partial charge in [-0.2, -0.15) is 5.26 Å². The number of aromatic nitrogens is 1. The molecule has 4 rings (SSSR count). The molecular weight excluding hydrogens is 395 g/mol. The Morgan fingerprint density at radius 2 is 1.87 bits per heavy atom. The minimum absolute atomic E-state index is 0.00723. The van der Waals surface area contributed by atoms with Crippen LogP contribution in [0.4, 0.5) is 21.7 Å². The van der Waals surface area contributed by atoms with E-state index in [1.54, 1.807) is 12.1 Å². The molecule has 1 aromatic carbocycles. The molecule has 160 valence electrons. The van der Waals surface area contributed by atoms with E-state index in [1.165, 1.54) is 12.1 Å². The lowest BCUT2D eigenvalue weighted by molar-refractivity contribution is -0.118. The first-order chi connectivity index (χ1) is 14.6. The number of allylic oxidation sites excluding steroid dienone is 2. The van der Waals surface area contributed by atoms with E-state index in [2.05, 4.69) is 18.8 Å². The van der Waals surface area contributed by atoms with Gasteiger partial charge >= 0.3 is 0 Å². The van der Waals surface area contributed by atoms with Gasteiger partial charge in [0.25, 0.3) is 0 Å². The third-order valence-electron chi connectivity index (χ3n) is 5.93. The van der Waals surface area contributed by atoms with Crippen LogP contribution in [-0.4, -0.2) is 29.9 Å². The number of nitrogen functional groups attached to an aromatic ring is 2. The first-order valence-corrected chi connectivity index (χ1v) is 10.0. The summed E-state index contributed by atoms with van der Waals surface area (Å²) in [6.07, 6.45) is 1.03. The summed E-state index contributed by atoms with van der Waals surface area (Å²) in [6, 6.07) is 8.04. The topological polar surface area (TPSA) is 112 Å². The van der Waals surface area contributed by atoms with Crippen molar-refractivity contribution in [2.75, 3.05) is 30.6 Å². The van der Waals surface area contributed by atoms with Crippen molar-refractivity contribution in [2.24, 2.45) is 5.41 Å². The highest BCUT2D eigenvalue weighted by Crippen LogP contribution is 2.53. The van der Waals surface area contributed by atoms with Crippen molar-refractivity contribution in [3.05, 3.63) is 58.0 Å².